The molecule has 11 atom stereocenters. The molecule has 2 N–H and O–H groups in total. The second kappa shape index (κ2) is 6.40. The molecule has 3 saturated heterocycles. The number of carbonyl (C=O) groups is 1. The zero-order chi connectivity index (χ0) is 23.7. The van der Waals surface area contributed by atoms with Crippen molar-refractivity contribution in [2.75, 3.05) is 0 Å². The van der Waals surface area contributed by atoms with E-state index in [1.807, 2.05) is 6.92 Å². The van der Waals surface area contributed by atoms with Crippen LogP contribution in [0.25, 0.3) is 0 Å². The quantitative estimate of drug-likeness (QED) is 0.630. The molecule has 0 radical (unpaired) electrons. The first-order chi connectivity index (χ1) is 16.1. The van der Waals surface area contributed by atoms with E-state index in [1.165, 1.54) is 12.3 Å². The van der Waals surface area contributed by atoms with Crippen LogP contribution in [0.3, 0.4) is 0 Å². The molecule has 1 aromatic heterocycles. The number of rotatable bonds is 2. The van der Waals surface area contributed by atoms with Crippen LogP contribution in [0.1, 0.15) is 70.3 Å². The summed E-state index contributed by atoms with van der Waals surface area (Å²) in [7, 11) is 0. The van der Waals surface area contributed by atoms with E-state index in [9.17, 15) is 19.8 Å². The first-order valence-electron chi connectivity index (χ1n) is 12.6. The lowest BCUT2D eigenvalue weighted by atomic mass is 9.40. The molecule has 184 valence electrons. The van der Waals surface area contributed by atoms with Crippen LogP contribution < -0.4 is 5.63 Å². The summed E-state index contributed by atoms with van der Waals surface area (Å²) in [5.74, 6) is -1.75. The van der Waals surface area contributed by atoms with Gasteiger partial charge >= 0.3 is 5.63 Å². The Kier molecular flexibility index (Phi) is 4.08. The summed E-state index contributed by atoms with van der Waals surface area (Å²) in [6.45, 7) is 3.85. The summed E-state index contributed by atoms with van der Waals surface area (Å²) in [6.07, 6.45) is 5.74. The van der Waals surface area contributed by atoms with E-state index in [0.29, 0.717) is 32.1 Å². The Morgan fingerprint density at radius 2 is 1.88 bits per heavy atom. The van der Waals surface area contributed by atoms with Gasteiger partial charge in [-0.15, -0.1) is 0 Å². The van der Waals surface area contributed by atoms with Crippen molar-refractivity contribution in [2.45, 2.75) is 100 Å². The van der Waals surface area contributed by atoms with Crippen molar-refractivity contribution in [3.63, 3.8) is 0 Å². The van der Waals surface area contributed by atoms with Gasteiger partial charge in [0.1, 0.15) is 6.29 Å². The SMILES string of the molecule is C[C@@]12O[C@H]3C[C@@H](O1)[C@]1(C=O)C4CC[C@]5(C)[C@@H](c6ccc(=O)oc6)[C@@H](O)C[C@]5(O)[C@@H]4CC[C@@]1(C3)O2. The van der Waals surface area contributed by atoms with Gasteiger partial charge in [0.2, 0.25) is 0 Å². The minimum absolute atomic E-state index is 0.0180. The topological polar surface area (TPSA) is 115 Å². The molecule has 34 heavy (non-hydrogen) atoms. The maximum Gasteiger partial charge on any atom is 0.335 e. The predicted molar refractivity (Wildman–Crippen MR) is 117 cm³/mol. The molecule has 7 fully saturated rings. The molecule has 8 heteroatoms. The minimum Gasteiger partial charge on any atom is -0.431 e. The molecule has 4 aliphatic carbocycles. The number of aliphatic hydroxyl groups excluding tert-OH is 1. The van der Waals surface area contributed by atoms with Crippen molar-refractivity contribution < 1.29 is 33.6 Å². The van der Waals surface area contributed by atoms with Gasteiger partial charge in [-0.1, -0.05) is 6.92 Å². The molecule has 1 aromatic rings. The third-order valence-electron chi connectivity index (χ3n) is 10.9. The van der Waals surface area contributed by atoms with Gasteiger partial charge in [-0.25, -0.2) is 4.79 Å². The molecule has 1 spiro atoms. The van der Waals surface area contributed by atoms with E-state index >= 15 is 0 Å². The first kappa shape index (κ1) is 21.7. The summed E-state index contributed by atoms with van der Waals surface area (Å²) in [5, 5.41) is 23.7. The lowest BCUT2D eigenvalue weighted by Gasteiger charge is -2.73. The van der Waals surface area contributed by atoms with E-state index in [4.69, 9.17) is 18.6 Å². The highest BCUT2D eigenvalue weighted by Gasteiger charge is 2.79. The van der Waals surface area contributed by atoms with Crippen molar-refractivity contribution in [1.82, 2.24) is 0 Å². The third-order valence-corrected chi connectivity index (χ3v) is 10.9. The van der Waals surface area contributed by atoms with Crippen LogP contribution in [0.5, 0.6) is 0 Å². The third kappa shape index (κ3) is 2.28. The second-order valence-corrected chi connectivity index (χ2v) is 12.1. The lowest BCUT2D eigenvalue weighted by Crippen LogP contribution is -2.81. The fourth-order valence-electron chi connectivity index (χ4n) is 9.77. The van der Waals surface area contributed by atoms with Crippen LogP contribution in [0, 0.1) is 22.7 Å². The number of aldehydes is 1. The van der Waals surface area contributed by atoms with Gasteiger partial charge in [0.25, 0.3) is 5.97 Å². The molecule has 4 saturated carbocycles. The second-order valence-electron chi connectivity index (χ2n) is 12.1. The van der Waals surface area contributed by atoms with Crippen LogP contribution in [-0.4, -0.2) is 52.0 Å². The average molecular weight is 473 g/mol. The Hall–Kier alpha value is -1.58. The van der Waals surface area contributed by atoms with Gasteiger partial charge in [0, 0.05) is 43.6 Å². The van der Waals surface area contributed by atoms with Crippen LogP contribution in [0.4, 0.5) is 0 Å². The normalized spacial score (nSPS) is 57.1. The summed E-state index contributed by atoms with van der Waals surface area (Å²) < 4.78 is 23.9. The van der Waals surface area contributed by atoms with Crippen molar-refractivity contribution >= 4 is 6.29 Å². The highest BCUT2D eigenvalue weighted by molar-refractivity contribution is 5.66. The van der Waals surface area contributed by atoms with Gasteiger partial charge in [0.05, 0.1) is 41.2 Å². The van der Waals surface area contributed by atoms with E-state index in [2.05, 4.69) is 0 Å². The molecule has 0 aromatic carbocycles. The predicted octanol–water partition coefficient (Wildman–Crippen LogP) is 2.25. The van der Waals surface area contributed by atoms with Gasteiger partial charge in [0.15, 0.2) is 0 Å². The van der Waals surface area contributed by atoms with Gasteiger partial charge < -0.3 is 33.6 Å². The van der Waals surface area contributed by atoms with Crippen LogP contribution >= 0.6 is 0 Å². The monoisotopic (exact) mass is 472 g/mol. The zero-order valence-corrected chi connectivity index (χ0v) is 19.6. The van der Waals surface area contributed by atoms with Gasteiger partial charge in [-0.3, -0.25) is 0 Å². The molecule has 4 bridgehead atoms. The molecule has 8 nitrogen and oxygen atoms in total. The van der Waals surface area contributed by atoms with E-state index in [-0.39, 0.29) is 36.4 Å². The maximum atomic E-state index is 13.1. The van der Waals surface area contributed by atoms with Crippen LogP contribution in [0.15, 0.2) is 27.6 Å². The Morgan fingerprint density at radius 3 is 2.59 bits per heavy atom. The molecular weight excluding hydrogens is 440 g/mol. The number of hydrogen-bond donors (Lipinski definition) is 2. The Balaban J connectivity index is 1.32. The van der Waals surface area contributed by atoms with Crippen molar-refractivity contribution in [3.05, 3.63) is 34.4 Å². The summed E-state index contributed by atoms with van der Waals surface area (Å²) in [4.78, 5) is 24.6. The molecule has 3 aliphatic heterocycles. The van der Waals surface area contributed by atoms with Gasteiger partial charge in [-0.2, -0.15) is 0 Å². The molecular formula is C26H32O8. The minimum atomic E-state index is -1.16. The highest BCUT2D eigenvalue weighted by Crippen LogP contribution is 2.74. The standard InChI is InChI=1S/C26H32O8/c1-22-7-5-16-17(26(22,30)11-18(28)21(22)14-3-4-20(29)31-12-14)6-8-24-10-15-9-19(25(16,24)13-27)33-23(2,32-15)34-24/h3-4,12-13,15-19,21,28,30H,5-11H2,1-2H3/t15-,16?,17+,18-,19+,21-,22+,23+,24-,25-,26-/m0/s1. The molecule has 0 amide bonds. The summed E-state index contributed by atoms with van der Waals surface area (Å²) >= 11 is 0. The molecule has 4 heterocycles. The fraction of sp³-hybridized carbons (Fsp3) is 0.769. The highest BCUT2D eigenvalue weighted by atomic mass is 16.9. The smallest absolute Gasteiger partial charge is 0.335 e. The van der Waals surface area contributed by atoms with Crippen LogP contribution in [-0.2, 0) is 19.0 Å². The number of aliphatic hydroxyl groups is 2. The number of carbonyl (C=O) groups excluding carboxylic acids is 1. The van der Waals surface area contributed by atoms with E-state index in [0.717, 1.165) is 18.3 Å². The van der Waals surface area contributed by atoms with Crippen molar-refractivity contribution in [1.29, 1.82) is 0 Å². The van der Waals surface area contributed by atoms with Crippen molar-refractivity contribution in [2.24, 2.45) is 22.7 Å². The number of hydrogen-bond acceptors (Lipinski definition) is 8. The van der Waals surface area contributed by atoms with Gasteiger partial charge in [-0.05, 0) is 49.1 Å². The zero-order valence-electron chi connectivity index (χ0n) is 19.6. The molecule has 1 unspecified atom stereocenters. The maximum absolute atomic E-state index is 13.1. The first-order valence-corrected chi connectivity index (χ1v) is 12.6. The summed E-state index contributed by atoms with van der Waals surface area (Å²) in [6, 6.07) is 3.07. The Bertz CT molecular complexity index is 1100. The Labute approximate surface area is 197 Å². The molecule has 7 aliphatic rings. The number of fused-ring (bicyclic) bond motifs is 3. The Morgan fingerprint density at radius 1 is 1.09 bits per heavy atom. The van der Waals surface area contributed by atoms with Crippen molar-refractivity contribution in [3.8, 4) is 0 Å². The fourth-order valence-corrected chi connectivity index (χ4v) is 9.77. The van der Waals surface area contributed by atoms with Crippen LogP contribution in [0.2, 0.25) is 0 Å². The largest absolute Gasteiger partial charge is 0.431 e. The lowest BCUT2D eigenvalue weighted by molar-refractivity contribution is -0.542. The summed E-state index contributed by atoms with van der Waals surface area (Å²) in [5.41, 5.74) is -2.97. The van der Waals surface area contributed by atoms with E-state index < -0.39 is 39.7 Å². The van der Waals surface area contributed by atoms with E-state index in [1.54, 1.807) is 13.0 Å². The average Bonchev–Trinajstić information content (AvgIpc) is 2.98. The number of ether oxygens (including phenoxy) is 3. The molecule has 8 rings (SSSR count).